The van der Waals surface area contributed by atoms with Crippen molar-refractivity contribution in [1.29, 1.82) is 0 Å². The maximum atomic E-state index is 3.83. The van der Waals surface area contributed by atoms with E-state index in [4.69, 9.17) is 0 Å². The van der Waals surface area contributed by atoms with Crippen molar-refractivity contribution in [2.75, 3.05) is 0 Å². The molecule has 110 valence electrons. The maximum Gasteiger partial charge on any atom is -0.0348 e. The molecule has 0 nitrogen and oxygen atoms in total. The highest BCUT2D eigenvalue weighted by molar-refractivity contribution is 4.83. The normalized spacial score (nSPS) is 23.8. The van der Waals surface area contributed by atoms with Crippen LogP contribution >= 0.6 is 0 Å². The summed E-state index contributed by atoms with van der Waals surface area (Å²) < 4.78 is 0. The van der Waals surface area contributed by atoms with Gasteiger partial charge in [0.15, 0.2) is 0 Å². The minimum atomic E-state index is 0.999. The van der Waals surface area contributed by atoms with Gasteiger partial charge in [-0.2, -0.15) is 0 Å². The van der Waals surface area contributed by atoms with Crippen LogP contribution in [0, 0.1) is 11.8 Å². The van der Waals surface area contributed by atoms with Gasteiger partial charge < -0.3 is 0 Å². The number of hydrogen-bond donors (Lipinski definition) is 0. The number of hydrogen-bond acceptors (Lipinski definition) is 0. The average Bonchev–Trinajstić information content (AvgIpc) is 2.45. The smallest absolute Gasteiger partial charge is 0.0348 e. The fourth-order valence-electron chi connectivity index (χ4n) is 3.24. The Morgan fingerprint density at radius 2 is 1.42 bits per heavy atom. The van der Waals surface area contributed by atoms with Gasteiger partial charge in [-0.1, -0.05) is 63.7 Å². The van der Waals surface area contributed by atoms with E-state index in [0.717, 1.165) is 11.8 Å². The number of unbranched alkanes of at least 4 members (excludes halogenated alkanes) is 3. The molecule has 0 atom stereocenters. The molecular weight excluding hydrogens is 228 g/mol. The van der Waals surface area contributed by atoms with Gasteiger partial charge in [-0.05, 0) is 50.4 Å². The zero-order valence-corrected chi connectivity index (χ0v) is 13.1. The van der Waals surface area contributed by atoms with Crippen LogP contribution in [0.25, 0.3) is 0 Å². The summed E-state index contributed by atoms with van der Waals surface area (Å²) in [6.07, 6.45) is 23.6. The summed E-state index contributed by atoms with van der Waals surface area (Å²) in [5, 5.41) is 0. The van der Waals surface area contributed by atoms with E-state index >= 15 is 0 Å². The van der Waals surface area contributed by atoms with Crippen molar-refractivity contribution in [1.82, 2.24) is 0 Å². The van der Waals surface area contributed by atoms with E-state index in [1.54, 1.807) is 0 Å². The van der Waals surface area contributed by atoms with Gasteiger partial charge in [0.05, 0.1) is 0 Å². The van der Waals surface area contributed by atoms with E-state index in [9.17, 15) is 0 Å². The molecule has 0 radical (unpaired) electrons. The highest BCUT2D eigenvalue weighted by Gasteiger charge is 2.19. The van der Waals surface area contributed by atoms with Crippen LogP contribution in [0.1, 0.15) is 84.0 Å². The Balaban J connectivity index is 1.98. The van der Waals surface area contributed by atoms with Gasteiger partial charge in [-0.15, -0.1) is 6.58 Å². The summed E-state index contributed by atoms with van der Waals surface area (Å²) in [4.78, 5) is 0. The monoisotopic (exact) mass is 262 g/mol. The molecule has 0 saturated heterocycles. The molecular formula is C19H34. The lowest BCUT2D eigenvalue weighted by atomic mass is 9.78. The van der Waals surface area contributed by atoms with Gasteiger partial charge in [-0.3, -0.25) is 0 Å². The van der Waals surface area contributed by atoms with Crippen molar-refractivity contribution >= 4 is 0 Å². The summed E-state index contributed by atoms with van der Waals surface area (Å²) in [7, 11) is 0. The molecule has 1 rings (SSSR count). The van der Waals surface area contributed by atoms with Gasteiger partial charge >= 0.3 is 0 Å². The fraction of sp³-hybridized carbons (Fsp3) is 0.789. The van der Waals surface area contributed by atoms with Crippen molar-refractivity contribution in [3.8, 4) is 0 Å². The lowest BCUT2D eigenvalue weighted by Crippen LogP contribution is -2.14. The van der Waals surface area contributed by atoms with E-state index in [1.807, 2.05) is 0 Å². The Morgan fingerprint density at radius 3 is 2.00 bits per heavy atom. The van der Waals surface area contributed by atoms with E-state index in [0.29, 0.717) is 0 Å². The van der Waals surface area contributed by atoms with Gasteiger partial charge in [0.1, 0.15) is 0 Å². The van der Waals surface area contributed by atoms with Gasteiger partial charge in [0.2, 0.25) is 0 Å². The van der Waals surface area contributed by atoms with Crippen LogP contribution in [0.2, 0.25) is 0 Å². The fourth-order valence-corrected chi connectivity index (χ4v) is 3.24. The molecule has 0 amide bonds. The molecule has 0 N–H and O–H groups in total. The second-order valence-corrected chi connectivity index (χ2v) is 6.30. The zero-order chi connectivity index (χ0) is 13.8. The molecule has 0 heteroatoms. The third-order valence-electron chi connectivity index (χ3n) is 4.63. The Labute approximate surface area is 121 Å². The largest absolute Gasteiger partial charge is 0.103 e. The van der Waals surface area contributed by atoms with Crippen LogP contribution in [0.3, 0.4) is 0 Å². The summed E-state index contributed by atoms with van der Waals surface area (Å²) >= 11 is 0. The summed E-state index contributed by atoms with van der Waals surface area (Å²) in [6.45, 7) is 6.10. The zero-order valence-electron chi connectivity index (χ0n) is 13.1. The van der Waals surface area contributed by atoms with E-state index in [-0.39, 0.29) is 0 Å². The molecule has 0 bridgehead atoms. The number of rotatable bonds is 10. The van der Waals surface area contributed by atoms with Crippen LogP contribution in [0.15, 0.2) is 24.8 Å². The summed E-state index contributed by atoms with van der Waals surface area (Å²) in [5.74, 6) is 2.01. The molecule has 19 heavy (non-hydrogen) atoms. The van der Waals surface area contributed by atoms with E-state index < -0.39 is 0 Å². The lowest BCUT2D eigenvalue weighted by molar-refractivity contribution is 0.255. The van der Waals surface area contributed by atoms with Gasteiger partial charge in [0.25, 0.3) is 0 Å². The second-order valence-electron chi connectivity index (χ2n) is 6.30. The van der Waals surface area contributed by atoms with Gasteiger partial charge in [-0.25, -0.2) is 0 Å². The summed E-state index contributed by atoms with van der Waals surface area (Å²) in [5.41, 5.74) is 0. The predicted octanol–water partition coefficient (Wildman–Crippen LogP) is 6.68. The van der Waals surface area contributed by atoms with Gasteiger partial charge in [0, 0.05) is 0 Å². The van der Waals surface area contributed by atoms with Crippen molar-refractivity contribution in [2.45, 2.75) is 84.0 Å². The Bertz CT molecular complexity index is 230. The Morgan fingerprint density at radius 1 is 0.842 bits per heavy atom. The van der Waals surface area contributed by atoms with Crippen molar-refractivity contribution in [3.63, 3.8) is 0 Å². The summed E-state index contributed by atoms with van der Waals surface area (Å²) in [6, 6.07) is 0. The molecule has 0 unspecified atom stereocenters. The molecule has 1 aliphatic rings. The molecule has 0 aromatic heterocycles. The van der Waals surface area contributed by atoms with Crippen LogP contribution in [-0.2, 0) is 0 Å². The SMILES string of the molecule is C=CCCC1CCC(CC/C=C/CCCCC)CC1. The Kier molecular flexibility index (Phi) is 9.85. The first-order valence-electron chi connectivity index (χ1n) is 8.62. The highest BCUT2D eigenvalue weighted by Crippen LogP contribution is 2.33. The quantitative estimate of drug-likeness (QED) is 0.304. The first-order chi connectivity index (χ1) is 9.36. The molecule has 0 aliphatic heterocycles. The molecule has 1 aliphatic carbocycles. The molecule has 0 spiro atoms. The second kappa shape index (κ2) is 11.3. The Hall–Kier alpha value is -0.520. The minimum absolute atomic E-state index is 0.999. The highest BCUT2D eigenvalue weighted by atomic mass is 14.2. The first-order valence-corrected chi connectivity index (χ1v) is 8.62. The maximum absolute atomic E-state index is 3.83. The molecule has 1 saturated carbocycles. The number of allylic oxidation sites excluding steroid dienone is 3. The molecule has 0 aromatic carbocycles. The van der Waals surface area contributed by atoms with Crippen LogP contribution in [-0.4, -0.2) is 0 Å². The van der Waals surface area contributed by atoms with Crippen molar-refractivity contribution in [3.05, 3.63) is 24.8 Å². The standard InChI is InChI=1S/C19H34/c1-3-5-7-8-9-10-11-13-19-16-14-18(15-17-19)12-6-4-2/h4,9-10,18-19H,2-3,5-8,11-17H2,1H3/b10-9+. The third-order valence-corrected chi connectivity index (χ3v) is 4.63. The van der Waals surface area contributed by atoms with Crippen LogP contribution in [0.4, 0.5) is 0 Å². The molecule has 0 heterocycles. The topological polar surface area (TPSA) is 0 Å². The van der Waals surface area contributed by atoms with E-state index in [1.165, 1.54) is 77.0 Å². The third kappa shape index (κ3) is 8.29. The lowest BCUT2D eigenvalue weighted by Gasteiger charge is -2.28. The molecule has 0 aromatic rings. The first kappa shape index (κ1) is 16.5. The van der Waals surface area contributed by atoms with Crippen LogP contribution in [0.5, 0.6) is 0 Å². The van der Waals surface area contributed by atoms with Crippen molar-refractivity contribution < 1.29 is 0 Å². The average molecular weight is 262 g/mol. The van der Waals surface area contributed by atoms with Crippen LogP contribution < -0.4 is 0 Å². The van der Waals surface area contributed by atoms with Crippen molar-refractivity contribution in [2.24, 2.45) is 11.8 Å². The minimum Gasteiger partial charge on any atom is -0.103 e. The predicted molar refractivity (Wildman–Crippen MR) is 87.4 cm³/mol. The molecule has 1 fully saturated rings. The van der Waals surface area contributed by atoms with E-state index in [2.05, 4.69) is 31.7 Å².